The molecular formula is C26H31ClF4N4O2S. The quantitative estimate of drug-likeness (QED) is 0.170. The lowest BCUT2D eigenvalue weighted by atomic mass is 10.0. The Bertz CT molecular complexity index is 1160. The Morgan fingerprint density at radius 3 is 2.50 bits per heavy atom. The first-order valence-corrected chi connectivity index (χ1v) is 13.6. The van der Waals surface area contributed by atoms with E-state index in [4.69, 9.17) is 17.0 Å². The molecule has 2 aliphatic rings. The molecule has 38 heavy (non-hydrogen) atoms. The number of nitrogens with zero attached hydrogens (tertiary/aromatic N) is 1. The summed E-state index contributed by atoms with van der Waals surface area (Å²) in [7, 11) is 0. The Morgan fingerprint density at radius 2 is 1.87 bits per heavy atom. The maximum absolute atomic E-state index is 14.8. The Hall–Kier alpha value is -2.50. The molecule has 0 spiro atoms. The summed E-state index contributed by atoms with van der Waals surface area (Å²) in [5, 5.41) is 11.9. The summed E-state index contributed by atoms with van der Waals surface area (Å²) in [6.07, 6.45) is -2.06. The van der Waals surface area contributed by atoms with Crippen LogP contribution in [0.15, 0.2) is 30.3 Å². The van der Waals surface area contributed by atoms with Gasteiger partial charge in [-0.05, 0) is 74.0 Å². The van der Waals surface area contributed by atoms with E-state index in [9.17, 15) is 22.4 Å². The van der Waals surface area contributed by atoms with Crippen LogP contribution in [-0.4, -0.2) is 47.3 Å². The molecule has 2 fully saturated rings. The van der Waals surface area contributed by atoms with Crippen molar-refractivity contribution in [3.05, 3.63) is 57.9 Å². The highest BCUT2D eigenvalue weighted by Gasteiger charge is 2.32. The van der Waals surface area contributed by atoms with E-state index in [2.05, 4.69) is 14.8 Å². The SMILES string of the molecule is CC.CC(=N)c1cc(C(=O)NSC2CC2)c(F)cc1NC1CCN(Cc2cc(Cl)cc(OC(F)(F)F)c2)C1. The second-order valence-corrected chi connectivity index (χ2v) is 10.5. The predicted molar refractivity (Wildman–Crippen MR) is 144 cm³/mol. The number of alkyl halides is 3. The molecule has 2 aromatic carbocycles. The highest BCUT2D eigenvalue weighted by atomic mass is 35.5. The van der Waals surface area contributed by atoms with Crippen LogP contribution in [0.4, 0.5) is 23.2 Å². The van der Waals surface area contributed by atoms with Crippen molar-refractivity contribution >= 4 is 40.9 Å². The van der Waals surface area contributed by atoms with Crippen molar-refractivity contribution in [3.63, 3.8) is 0 Å². The fraction of sp³-hybridized carbons (Fsp3) is 0.462. The van der Waals surface area contributed by atoms with E-state index >= 15 is 0 Å². The number of carbonyl (C=O) groups is 1. The molecule has 6 nitrogen and oxygen atoms in total. The van der Waals surface area contributed by atoms with E-state index in [0.717, 1.165) is 18.9 Å². The van der Waals surface area contributed by atoms with E-state index in [1.165, 1.54) is 30.1 Å². The zero-order chi connectivity index (χ0) is 28.0. The van der Waals surface area contributed by atoms with Gasteiger partial charge in [-0.2, -0.15) is 0 Å². The summed E-state index contributed by atoms with van der Waals surface area (Å²) < 4.78 is 59.2. The standard InChI is InChI=1S/C24H25ClF4N4O2S.C2H6/c1-13(30)19-9-20(23(34)32-36-18-2-3-18)21(26)10-22(19)31-16-4-5-33(12-16)11-14-6-15(25)8-17(7-14)35-24(27,28)29;1-2/h6-10,16,18,30-31H,2-5,11-12H2,1H3,(H,32,34);1-2H3. The van der Waals surface area contributed by atoms with Crippen LogP contribution in [0.25, 0.3) is 0 Å². The first kappa shape index (κ1) is 30.0. The third kappa shape index (κ3) is 8.78. The first-order chi connectivity index (χ1) is 18.0. The van der Waals surface area contributed by atoms with Gasteiger partial charge in [0.2, 0.25) is 0 Å². The third-order valence-corrected chi connectivity index (χ3v) is 7.13. The molecule has 3 N–H and O–H groups in total. The van der Waals surface area contributed by atoms with Gasteiger partial charge in [0.1, 0.15) is 11.6 Å². The third-order valence-electron chi connectivity index (χ3n) is 5.80. The molecule has 1 saturated carbocycles. The number of carbonyl (C=O) groups excluding carboxylic acids is 1. The van der Waals surface area contributed by atoms with Crippen molar-refractivity contribution < 1.29 is 27.1 Å². The van der Waals surface area contributed by atoms with Gasteiger partial charge in [-0.15, -0.1) is 13.2 Å². The number of hydrogen-bond donors (Lipinski definition) is 3. The van der Waals surface area contributed by atoms with E-state index in [-0.39, 0.29) is 28.1 Å². The molecule has 1 aliphatic carbocycles. The van der Waals surface area contributed by atoms with Crippen molar-refractivity contribution in [1.29, 1.82) is 5.41 Å². The van der Waals surface area contributed by atoms with Crippen molar-refractivity contribution in [1.82, 2.24) is 9.62 Å². The smallest absolute Gasteiger partial charge is 0.406 e. The molecule has 1 heterocycles. The second-order valence-electron chi connectivity index (χ2n) is 8.96. The van der Waals surface area contributed by atoms with E-state index in [0.29, 0.717) is 48.1 Å². The monoisotopic (exact) mass is 574 g/mol. The van der Waals surface area contributed by atoms with Crippen LogP contribution < -0.4 is 14.8 Å². The van der Waals surface area contributed by atoms with Gasteiger partial charge in [-0.1, -0.05) is 25.4 Å². The van der Waals surface area contributed by atoms with Crippen LogP contribution in [0.5, 0.6) is 5.75 Å². The van der Waals surface area contributed by atoms with Crippen LogP contribution in [0.2, 0.25) is 5.02 Å². The van der Waals surface area contributed by atoms with Gasteiger partial charge in [-0.25, -0.2) is 4.39 Å². The number of hydrogen-bond acceptors (Lipinski definition) is 6. The summed E-state index contributed by atoms with van der Waals surface area (Å²) in [4.78, 5) is 14.5. The zero-order valence-corrected chi connectivity index (χ0v) is 22.9. The highest BCUT2D eigenvalue weighted by molar-refractivity contribution is 7.98. The topological polar surface area (TPSA) is 77.5 Å². The Morgan fingerprint density at radius 1 is 1.16 bits per heavy atom. The maximum atomic E-state index is 14.8. The van der Waals surface area contributed by atoms with Crippen molar-refractivity contribution in [2.24, 2.45) is 0 Å². The molecule has 0 bridgehead atoms. The molecule has 208 valence electrons. The van der Waals surface area contributed by atoms with Gasteiger partial charge < -0.3 is 15.5 Å². The number of benzene rings is 2. The molecule has 1 atom stereocenters. The van der Waals surface area contributed by atoms with Gasteiger partial charge in [0.15, 0.2) is 0 Å². The lowest BCUT2D eigenvalue weighted by molar-refractivity contribution is -0.274. The molecule has 1 aliphatic heterocycles. The molecule has 0 aromatic heterocycles. The first-order valence-electron chi connectivity index (χ1n) is 12.4. The molecule has 4 rings (SSSR count). The average molecular weight is 575 g/mol. The zero-order valence-electron chi connectivity index (χ0n) is 21.3. The molecule has 2 aromatic rings. The molecule has 1 unspecified atom stereocenters. The van der Waals surface area contributed by atoms with Crippen molar-refractivity contribution in [2.45, 2.75) is 64.2 Å². The summed E-state index contributed by atoms with van der Waals surface area (Å²) in [6.45, 7) is 7.12. The van der Waals surface area contributed by atoms with Crippen LogP contribution in [0.1, 0.15) is 61.5 Å². The normalized spacial score (nSPS) is 17.4. The number of amides is 1. The van der Waals surface area contributed by atoms with Crippen molar-refractivity contribution in [2.75, 3.05) is 18.4 Å². The maximum Gasteiger partial charge on any atom is 0.573 e. The number of rotatable bonds is 9. The van der Waals surface area contributed by atoms with E-state index in [1.807, 2.05) is 18.7 Å². The van der Waals surface area contributed by atoms with Crippen LogP contribution in [-0.2, 0) is 6.54 Å². The summed E-state index contributed by atoms with van der Waals surface area (Å²) >= 11 is 7.26. The van der Waals surface area contributed by atoms with Crippen LogP contribution in [0, 0.1) is 11.2 Å². The molecule has 1 amide bonds. The average Bonchev–Trinajstić information content (AvgIpc) is 3.56. The lowest BCUT2D eigenvalue weighted by Crippen LogP contribution is -2.27. The molecular weight excluding hydrogens is 544 g/mol. The number of halogens is 5. The number of likely N-dealkylation sites (tertiary alicyclic amines) is 1. The van der Waals surface area contributed by atoms with Crippen molar-refractivity contribution in [3.8, 4) is 5.75 Å². The number of anilines is 1. The van der Waals surface area contributed by atoms with Gasteiger partial charge in [0, 0.05) is 52.9 Å². The van der Waals surface area contributed by atoms with Gasteiger partial charge in [0.05, 0.1) is 5.56 Å². The Balaban J connectivity index is 0.00000195. The minimum Gasteiger partial charge on any atom is -0.406 e. The van der Waals surface area contributed by atoms with Gasteiger partial charge in [0.25, 0.3) is 5.91 Å². The fourth-order valence-electron chi connectivity index (χ4n) is 4.03. The molecule has 12 heteroatoms. The minimum atomic E-state index is -4.81. The molecule has 1 saturated heterocycles. The number of ether oxygens (including phenoxy) is 1. The Labute approximate surface area is 229 Å². The Kier molecular flexibility index (Phi) is 10.3. The minimum absolute atomic E-state index is 0.0855. The summed E-state index contributed by atoms with van der Waals surface area (Å²) in [5.41, 5.74) is 1.50. The second kappa shape index (κ2) is 13.0. The van der Waals surface area contributed by atoms with Gasteiger partial charge in [-0.3, -0.25) is 14.4 Å². The van der Waals surface area contributed by atoms with Crippen LogP contribution >= 0.6 is 23.5 Å². The summed E-state index contributed by atoms with van der Waals surface area (Å²) in [5.74, 6) is -1.58. The van der Waals surface area contributed by atoms with E-state index < -0.39 is 18.1 Å². The lowest BCUT2D eigenvalue weighted by Gasteiger charge is -2.20. The van der Waals surface area contributed by atoms with E-state index in [1.54, 1.807) is 13.0 Å². The van der Waals surface area contributed by atoms with Crippen LogP contribution in [0.3, 0.4) is 0 Å². The predicted octanol–water partition coefficient (Wildman–Crippen LogP) is 7.02. The number of nitrogens with one attached hydrogen (secondary N) is 3. The van der Waals surface area contributed by atoms with Gasteiger partial charge >= 0.3 is 6.36 Å². The summed E-state index contributed by atoms with van der Waals surface area (Å²) in [6, 6.07) is 6.54. The highest BCUT2D eigenvalue weighted by Crippen LogP contribution is 2.33. The largest absolute Gasteiger partial charge is 0.573 e. The molecule has 0 radical (unpaired) electrons. The fourth-order valence-corrected chi connectivity index (χ4v) is 5.03.